The number of benzene rings is 2. The molecule has 1 N–H and O–H groups in total. The van der Waals surface area contributed by atoms with Crippen LogP contribution in [0, 0.1) is 0 Å². The average molecular weight is 389 g/mol. The molecule has 2 aromatic heterocycles. The highest BCUT2D eigenvalue weighted by Crippen LogP contribution is 2.27. The molecule has 4 rings (SSSR count). The van der Waals surface area contributed by atoms with Gasteiger partial charge < -0.3 is 9.88 Å². The van der Waals surface area contributed by atoms with Crippen molar-refractivity contribution in [1.82, 2.24) is 19.7 Å². The van der Waals surface area contributed by atoms with Gasteiger partial charge in [-0.2, -0.15) is 0 Å². The van der Waals surface area contributed by atoms with Crippen LogP contribution in [0.3, 0.4) is 0 Å². The first-order valence-electron chi connectivity index (χ1n) is 8.88. The van der Waals surface area contributed by atoms with E-state index in [-0.39, 0.29) is 11.2 Å². The van der Waals surface area contributed by atoms with Crippen molar-refractivity contribution in [3.63, 3.8) is 0 Å². The zero-order valence-corrected chi connectivity index (χ0v) is 16.4. The van der Waals surface area contributed by atoms with E-state index in [9.17, 15) is 4.79 Å². The third-order valence-corrected chi connectivity index (χ3v) is 5.61. The second kappa shape index (κ2) is 7.82. The van der Waals surface area contributed by atoms with Crippen LogP contribution in [-0.2, 0) is 11.8 Å². The maximum absolute atomic E-state index is 12.8. The van der Waals surface area contributed by atoms with Crippen LogP contribution in [0.1, 0.15) is 6.92 Å². The number of nitrogens with zero attached hydrogens (tertiary/aromatic N) is 4. The van der Waals surface area contributed by atoms with Gasteiger partial charge in [-0.25, -0.2) is 0 Å². The Labute approximate surface area is 167 Å². The molecule has 7 heteroatoms. The van der Waals surface area contributed by atoms with Crippen LogP contribution in [0.2, 0.25) is 0 Å². The van der Waals surface area contributed by atoms with Gasteiger partial charge in [-0.15, -0.1) is 10.2 Å². The van der Waals surface area contributed by atoms with Gasteiger partial charge in [0.1, 0.15) is 0 Å². The van der Waals surface area contributed by atoms with Crippen molar-refractivity contribution in [2.45, 2.75) is 17.3 Å². The Morgan fingerprint density at radius 1 is 1.04 bits per heavy atom. The molecule has 0 aliphatic carbocycles. The minimum atomic E-state index is -0.327. The van der Waals surface area contributed by atoms with E-state index >= 15 is 0 Å². The van der Waals surface area contributed by atoms with Gasteiger partial charge in [-0.3, -0.25) is 9.78 Å². The third kappa shape index (κ3) is 3.61. The molecule has 0 saturated carbocycles. The molecule has 1 amide bonds. The lowest BCUT2D eigenvalue weighted by atomic mass is 10.1. The number of hydrogen-bond acceptors (Lipinski definition) is 5. The van der Waals surface area contributed by atoms with Gasteiger partial charge in [0.05, 0.1) is 5.25 Å². The number of nitrogens with one attached hydrogen (secondary N) is 1. The predicted octanol–water partition coefficient (Wildman–Crippen LogP) is 4.15. The zero-order chi connectivity index (χ0) is 19.5. The standard InChI is InChI=1S/C21H19N5OS/c1-14(20(27)23-18-9-5-7-15-6-3-4-8-17(15)18)28-21-25-24-19(26(21)2)16-10-12-22-13-11-16/h3-14H,1-2H3,(H,23,27)/t14-/m0/s1. The van der Waals surface area contributed by atoms with Gasteiger partial charge >= 0.3 is 0 Å². The van der Waals surface area contributed by atoms with Crippen molar-refractivity contribution in [3.05, 3.63) is 67.0 Å². The lowest BCUT2D eigenvalue weighted by Gasteiger charge is -2.13. The summed E-state index contributed by atoms with van der Waals surface area (Å²) in [6, 6.07) is 17.7. The molecular formula is C21H19N5OS. The first-order valence-corrected chi connectivity index (χ1v) is 9.76. The van der Waals surface area contributed by atoms with Crippen LogP contribution in [0.5, 0.6) is 0 Å². The molecule has 0 radical (unpaired) electrons. The van der Waals surface area contributed by atoms with Crippen molar-refractivity contribution in [3.8, 4) is 11.4 Å². The summed E-state index contributed by atoms with van der Waals surface area (Å²) in [5, 5.41) is 14.0. The number of carbonyl (C=O) groups is 1. The number of carbonyl (C=O) groups excluding carboxylic acids is 1. The van der Waals surface area contributed by atoms with Crippen LogP contribution in [0.25, 0.3) is 22.2 Å². The molecule has 2 aromatic carbocycles. The van der Waals surface area contributed by atoms with Gasteiger partial charge in [0.2, 0.25) is 5.91 Å². The molecule has 140 valence electrons. The van der Waals surface area contributed by atoms with Crippen LogP contribution in [0.15, 0.2) is 72.1 Å². The molecule has 2 heterocycles. The SMILES string of the molecule is C[C@H](Sc1nnc(-c2ccncc2)n1C)C(=O)Nc1cccc2ccccc12. The molecule has 28 heavy (non-hydrogen) atoms. The van der Waals surface area contributed by atoms with E-state index in [1.807, 2.05) is 73.1 Å². The summed E-state index contributed by atoms with van der Waals surface area (Å²) in [6.07, 6.45) is 3.44. The summed E-state index contributed by atoms with van der Waals surface area (Å²) in [5.74, 6) is 0.668. The largest absolute Gasteiger partial charge is 0.325 e. The Kier molecular flexibility index (Phi) is 5.08. The van der Waals surface area contributed by atoms with Crippen molar-refractivity contribution in [2.75, 3.05) is 5.32 Å². The second-order valence-corrected chi connectivity index (χ2v) is 7.69. The normalized spacial score (nSPS) is 12.1. The molecule has 0 bridgehead atoms. The summed E-state index contributed by atoms with van der Waals surface area (Å²) in [6.45, 7) is 1.87. The molecule has 0 saturated heterocycles. The topological polar surface area (TPSA) is 72.7 Å². The average Bonchev–Trinajstić information content (AvgIpc) is 3.09. The van der Waals surface area contributed by atoms with E-state index in [0.29, 0.717) is 5.16 Å². The number of fused-ring (bicyclic) bond motifs is 1. The molecule has 0 spiro atoms. The maximum Gasteiger partial charge on any atom is 0.237 e. The molecule has 0 aliphatic rings. The number of amides is 1. The fraction of sp³-hybridized carbons (Fsp3) is 0.143. The highest BCUT2D eigenvalue weighted by molar-refractivity contribution is 8.00. The van der Waals surface area contributed by atoms with Crippen molar-refractivity contribution in [1.29, 1.82) is 0 Å². The molecule has 4 aromatic rings. The number of hydrogen-bond donors (Lipinski definition) is 1. The summed E-state index contributed by atoms with van der Waals surface area (Å²) in [7, 11) is 1.90. The molecule has 1 atom stereocenters. The van der Waals surface area contributed by atoms with Gasteiger partial charge in [0, 0.05) is 36.1 Å². The van der Waals surface area contributed by atoms with E-state index in [1.165, 1.54) is 11.8 Å². The van der Waals surface area contributed by atoms with E-state index in [2.05, 4.69) is 20.5 Å². The van der Waals surface area contributed by atoms with Crippen molar-refractivity contribution in [2.24, 2.45) is 7.05 Å². The Hall–Kier alpha value is -3.19. The van der Waals surface area contributed by atoms with E-state index < -0.39 is 0 Å². The van der Waals surface area contributed by atoms with Crippen LogP contribution in [-0.4, -0.2) is 30.9 Å². The van der Waals surface area contributed by atoms with Crippen molar-refractivity contribution < 1.29 is 4.79 Å². The number of pyridine rings is 1. The fourth-order valence-electron chi connectivity index (χ4n) is 2.95. The molecule has 0 fully saturated rings. The number of anilines is 1. The summed E-state index contributed by atoms with van der Waals surface area (Å²) >= 11 is 1.38. The van der Waals surface area contributed by atoms with E-state index in [4.69, 9.17) is 0 Å². The highest BCUT2D eigenvalue weighted by Gasteiger charge is 2.20. The number of thioether (sulfide) groups is 1. The van der Waals surface area contributed by atoms with Crippen LogP contribution < -0.4 is 5.32 Å². The fourth-order valence-corrected chi connectivity index (χ4v) is 3.77. The monoisotopic (exact) mass is 389 g/mol. The smallest absolute Gasteiger partial charge is 0.237 e. The van der Waals surface area contributed by atoms with E-state index in [1.54, 1.807) is 12.4 Å². The van der Waals surface area contributed by atoms with Gasteiger partial charge in [0.25, 0.3) is 0 Å². The van der Waals surface area contributed by atoms with Gasteiger partial charge in [-0.05, 0) is 30.5 Å². The Morgan fingerprint density at radius 2 is 1.79 bits per heavy atom. The van der Waals surface area contributed by atoms with Crippen molar-refractivity contribution >= 4 is 34.1 Å². The lowest BCUT2D eigenvalue weighted by molar-refractivity contribution is -0.115. The zero-order valence-electron chi connectivity index (χ0n) is 15.5. The molecule has 0 aliphatic heterocycles. The maximum atomic E-state index is 12.8. The first-order chi connectivity index (χ1) is 13.6. The second-order valence-electron chi connectivity index (χ2n) is 6.38. The number of aromatic nitrogens is 4. The van der Waals surface area contributed by atoms with Gasteiger partial charge in [0.15, 0.2) is 11.0 Å². The van der Waals surface area contributed by atoms with Crippen LogP contribution in [0.4, 0.5) is 5.69 Å². The molecule has 0 unspecified atom stereocenters. The minimum Gasteiger partial charge on any atom is -0.325 e. The summed E-state index contributed by atoms with van der Waals surface area (Å²) in [4.78, 5) is 16.8. The summed E-state index contributed by atoms with van der Waals surface area (Å²) in [5.41, 5.74) is 1.75. The minimum absolute atomic E-state index is 0.0742. The third-order valence-electron chi connectivity index (χ3n) is 4.47. The first kappa shape index (κ1) is 18.2. The van der Waals surface area contributed by atoms with E-state index in [0.717, 1.165) is 27.8 Å². The molecule has 6 nitrogen and oxygen atoms in total. The number of rotatable bonds is 5. The molecular weight excluding hydrogens is 370 g/mol. The lowest BCUT2D eigenvalue weighted by Crippen LogP contribution is -2.23. The van der Waals surface area contributed by atoms with Crippen LogP contribution >= 0.6 is 11.8 Å². The Balaban J connectivity index is 1.50. The Morgan fingerprint density at radius 3 is 2.61 bits per heavy atom. The Bertz CT molecular complexity index is 1120. The quantitative estimate of drug-likeness (QED) is 0.519. The highest BCUT2D eigenvalue weighted by atomic mass is 32.2. The summed E-state index contributed by atoms with van der Waals surface area (Å²) < 4.78 is 1.89. The van der Waals surface area contributed by atoms with Gasteiger partial charge in [-0.1, -0.05) is 48.2 Å². The predicted molar refractivity (Wildman–Crippen MR) is 112 cm³/mol.